The molecule has 0 bridgehead atoms. The van der Waals surface area contributed by atoms with Crippen LogP contribution in [0.15, 0.2) is 54.6 Å². The molecule has 0 spiro atoms. The summed E-state index contributed by atoms with van der Waals surface area (Å²) in [6.45, 7) is 1.26. The highest BCUT2D eigenvalue weighted by Crippen LogP contribution is 2.10. The van der Waals surface area contributed by atoms with Crippen LogP contribution in [0.4, 0.5) is 4.39 Å². The molecule has 0 fully saturated rings. The number of carboxylic acid groups (broad SMARTS) is 1. The summed E-state index contributed by atoms with van der Waals surface area (Å²) in [6, 6.07) is 13.3. The molecule has 6 nitrogen and oxygen atoms in total. The number of hydrogen-bond donors (Lipinski definition) is 3. The van der Waals surface area contributed by atoms with Crippen molar-refractivity contribution in [2.24, 2.45) is 0 Å². The minimum atomic E-state index is -1.14. The van der Waals surface area contributed by atoms with Gasteiger partial charge < -0.3 is 15.7 Å². The number of aryl methyl sites for hydroxylation is 1. The molecule has 29 heavy (non-hydrogen) atoms. The summed E-state index contributed by atoms with van der Waals surface area (Å²) in [5.74, 6) is -2.64. The first-order valence-corrected chi connectivity index (χ1v) is 9.44. The van der Waals surface area contributed by atoms with Gasteiger partial charge in [-0.3, -0.25) is 9.59 Å². The summed E-state index contributed by atoms with van der Waals surface area (Å²) >= 11 is 0. The number of aliphatic carboxylic acids is 1. The smallest absolute Gasteiger partial charge is 0.326 e. The van der Waals surface area contributed by atoms with E-state index in [4.69, 9.17) is 0 Å². The number of carbonyl (C=O) groups is 3. The third-order valence-electron chi connectivity index (χ3n) is 4.44. The fraction of sp³-hybridized carbons (Fsp3) is 0.318. The summed E-state index contributed by atoms with van der Waals surface area (Å²) in [6.07, 6.45) is 1.58. The van der Waals surface area contributed by atoms with Crippen LogP contribution < -0.4 is 10.6 Å². The lowest BCUT2D eigenvalue weighted by Crippen LogP contribution is -2.52. The average molecular weight is 400 g/mol. The molecule has 2 rings (SSSR count). The van der Waals surface area contributed by atoms with Crippen molar-refractivity contribution >= 4 is 17.8 Å². The van der Waals surface area contributed by atoms with Gasteiger partial charge in [0.15, 0.2) is 0 Å². The zero-order chi connectivity index (χ0) is 21.2. The number of rotatable bonds is 10. The fourth-order valence-corrected chi connectivity index (χ4v) is 3.04. The minimum absolute atomic E-state index is 0.0551. The molecule has 3 N–H and O–H groups in total. The van der Waals surface area contributed by atoms with Gasteiger partial charge in [-0.25, -0.2) is 9.18 Å². The number of carbonyl (C=O) groups excluding carboxylic acids is 2. The van der Waals surface area contributed by atoms with Gasteiger partial charge in [0.25, 0.3) is 0 Å². The monoisotopic (exact) mass is 400 g/mol. The standard InChI is InChI=1S/C22H25FN2O4/c1-15(26)24-20(14-17-10-5-11-18(23)13-17)21(27)25-19(22(28)29)12-6-9-16-7-3-2-4-8-16/h2-5,7-8,10-11,13,19-20H,6,9,12,14H2,1H3,(H,24,26)(H,25,27)(H,28,29)/t19-,20+/m1/s1. The molecule has 0 heterocycles. The van der Waals surface area contributed by atoms with E-state index < -0.39 is 35.7 Å². The first kappa shape index (κ1) is 22.1. The molecule has 0 aliphatic rings. The van der Waals surface area contributed by atoms with Crippen LogP contribution in [0.1, 0.15) is 30.9 Å². The quantitative estimate of drug-likeness (QED) is 0.571. The number of halogens is 1. The Morgan fingerprint density at radius 3 is 2.28 bits per heavy atom. The average Bonchev–Trinajstić information content (AvgIpc) is 2.67. The molecule has 2 amide bonds. The maximum absolute atomic E-state index is 13.4. The fourth-order valence-electron chi connectivity index (χ4n) is 3.04. The topological polar surface area (TPSA) is 95.5 Å². The zero-order valence-corrected chi connectivity index (χ0v) is 16.2. The second kappa shape index (κ2) is 10.9. The lowest BCUT2D eigenvalue weighted by Gasteiger charge is -2.21. The van der Waals surface area contributed by atoms with E-state index in [1.807, 2.05) is 30.3 Å². The molecule has 0 aliphatic carbocycles. The van der Waals surface area contributed by atoms with Crippen LogP contribution in [0.2, 0.25) is 0 Å². The van der Waals surface area contributed by atoms with Gasteiger partial charge in [-0.2, -0.15) is 0 Å². The molecular weight excluding hydrogens is 375 g/mol. The van der Waals surface area contributed by atoms with Crippen molar-refractivity contribution in [2.75, 3.05) is 0 Å². The molecule has 0 saturated heterocycles. The Labute approximate surface area is 169 Å². The third-order valence-corrected chi connectivity index (χ3v) is 4.44. The molecule has 0 unspecified atom stereocenters. The van der Waals surface area contributed by atoms with Gasteiger partial charge in [0.1, 0.15) is 17.9 Å². The molecule has 2 atom stereocenters. The highest BCUT2D eigenvalue weighted by Gasteiger charge is 2.26. The molecule has 0 aliphatic heterocycles. The second-order valence-corrected chi connectivity index (χ2v) is 6.86. The Morgan fingerprint density at radius 2 is 1.66 bits per heavy atom. The number of hydrogen-bond acceptors (Lipinski definition) is 3. The highest BCUT2D eigenvalue weighted by molar-refractivity contribution is 5.90. The van der Waals surface area contributed by atoms with E-state index >= 15 is 0 Å². The molecule has 154 valence electrons. The van der Waals surface area contributed by atoms with Crippen LogP contribution in [0.25, 0.3) is 0 Å². The van der Waals surface area contributed by atoms with E-state index in [0.29, 0.717) is 18.4 Å². The third kappa shape index (κ3) is 7.73. The normalized spacial score (nSPS) is 12.6. The van der Waals surface area contributed by atoms with Crippen molar-refractivity contribution in [3.8, 4) is 0 Å². The Morgan fingerprint density at radius 1 is 0.966 bits per heavy atom. The van der Waals surface area contributed by atoms with E-state index in [0.717, 1.165) is 5.56 Å². The second-order valence-electron chi connectivity index (χ2n) is 6.86. The SMILES string of the molecule is CC(=O)N[C@@H](Cc1cccc(F)c1)C(=O)N[C@H](CCCc1ccccc1)C(=O)O. The number of nitrogens with one attached hydrogen (secondary N) is 2. The largest absolute Gasteiger partial charge is 0.480 e. The van der Waals surface area contributed by atoms with Crippen LogP contribution in [0, 0.1) is 5.82 Å². The highest BCUT2D eigenvalue weighted by atomic mass is 19.1. The van der Waals surface area contributed by atoms with Gasteiger partial charge in [0, 0.05) is 13.3 Å². The lowest BCUT2D eigenvalue weighted by molar-refractivity contribution is -0.142. The summed E-state index contributed by atoms with van der Waals surface area (Å²) < 4.78 is 13.4. The molecular formula is C22H25FN2O4. The van der Waals surface area contributed by atoms with Crippen molar-refractivity contribution < 1.29 is 23.9 Å². The Balaban J connectivity index is 1.99. The summed E-state index contributed by atoms with van der Waals surface area (Å²) in [4.78, 5) is 35.7. The van der Waals surface area contributed by atoms with Crippen molar-refractivity contribution in [3.05, 3.63) is 71.5 Å². The summed E-state index contributed by atoms with van der Waals surface area (Å²) in [5, 5.41) is 14.5. The Hall–Kier alpha value is -3.22. The van der Waals surface area contributed by atoms with E-state index in [2.05, 4.69) is 10.6 Å². The van der Waals surface area contributed by atoms with E-state index in [1.54, 1.807) is 6.07 Å². The van der Waals surface area contributed by atoms with Crippen molar-refractivity contribution in [1.82, 2.24) is 10.6 Å². The van der Waals surface area contributed by atoms with Crippen LogP contribution >= 0.6 is 0 Å². The predicted octanol–water partition coefficient (Wildman–Crippen LogP) is 2.47. The van der Waals surface area contributed by atoms with Gasteiger partial charge in [0.05, 0.1) is 0 Å². The van der Waals surface area contributed by atoms with Gasteiger partial charge in [-0.05, 0) is 42.5 Å². The van der Waals surface area contributed by atoms with Crippen molar-refractivity contribution in [2.45, 2.75) is 44.7 Å². The molecule has 7 heteroatoms. The maximum atomic E-state index is 13.4. The molecule has 0 saturated carbocycles. The first-order valence-electron chi connectivity index (χ1n) is 9.44. The van der Waals surface area contributed by atoms with Crippen LogP contribution in [-0.4, -0.2) is 35.0 Å². The Kier molecular flexibility index (Phi) is 8.33. The van der Waals surface area contributed by atoms with Crippen LogP contribution in [-0.2, 0) is 27.2 Å². The molecule has 0 aromatic heterocycles. The number of carboxylic acids is 1. The van der Waals surface area contributed by atoms with Crippen molar-refractivity contribution in [3.63, 3.8) is 0 Å². The van der Waals surface area contributed by atoms with Crippen LogP contribution in [0.3, 0.4) is 0 Å². The van der Waals surface area contributed by atoms with Crippen LogP contribution in [0.5, 0.6) is 0 Å². The zero-order valence-electron chi connectivity index (χ0n) is 16.2. The molecule has 0 radical (unpaired) electrons. The maximum Gasteiger partial charge on any atom is 0.326 e. The van der Waals surface area contributed by atoms with E-state index in [-0.39, 0.29) is 12.8 Å². The van der Waals surface area contributed by atoms with E-state index in [1.165, 1.54) is 25.1 Å². The van der Waals surface area contributed by atoms with Crippen molar-refractivity contribution in [1.29, 1.82) is 0 Å². The first-order chi connectivity index (χ1) is 13.8. The van der Waals surface area contributed by atoms with E-state index in [9.17, 15) is 23.9 Å². The van der Waals surface area contributed by atoms with Gasteiger partial charge in [-0.1, -0.05) is 42.5 Å². The molecule has 2 aromatic carbocycles. The summed E-state index contributed by atoms with van der Waals surface area (Å²) in [5.41, 5.74) is 1.61. The van der Waals surface area contributed by atoms with Gasteiger partial charge in [-0.15, -0.1) is 0 Å². The van der Waals surface area contributed by atoms with Gasteiger partial charge in [0.2, 0.25) is 11.8 Å². The molecule has 2 aromatic rings. The summed E-state index contributed by atoms with van der Waals surface area (Å²) in [7, 11) is 0. The van der Waals surface area contributed by atoms with Gasteiger partial charge >= 0.3 is 5.97 Å². The Bertz CT molecular complexity index is 842. The lowest BCUT2D eigenvalue weighted by atomic mass is 10.0. The minimum Gasteiger partial charge on any atom is -0.480 e. The predicted molar refractivity (Wildman–Crippen MR) is 107 cm³/mol. The number of benzene rings is 2. The number of amides is 2.